The summed E-state index contributed by atoms with van der Waals surface area (Å²) in [6, 6.07) is 29.1. The molecule has 5 rings (SSSR count). The molecule has 0 saturated carbocycles. The monoisotopic (exact) mass is 421 g/mol. The number of quaternary nitrogens is 1. The molecule has 4 nitrogen and oxygen atoms in total. The summed E-state index contributed by atoms with van der Waals surface area (Å²) < 4.78 is 5.61. The van der Waals surface area contributed by atoms with Crippen molar-refractivity contribution in [1.82, 2.24) is 0 Å². The number of likely N-dealkylation sites (tertiary alicyclic amines) is 1. The average molecular weight is 422 g/mol. The Hall–Kier alpha value is -3.68. The fourth-order valence-corrected chi connectivity index (χ4v) is 6.13. The molecule has 0 spiro atoms. The zero-order chi connectivity index (χ0) is 22.3. The quantitative estimate of drug-likeness (QED) is 0.389. The first kappa shape index (κ1) is 20.2. The van der Waals surface area contributed by atoms with Gasteiger partial charge in [0.1, 0.15) is 12.6 Å². The maximum absolute atomic E-state index is 13.9. The molecule has 0 N–H and O–H groups in total. The number of allylic oxidation sites excluding steroid dienone is 1. The van der Waals surface area contributed by atoms with E-state index in [4.69, 9.17) is 4.74 Å². The summed E-state index contributed by atoms with van der Waals surface area (Å²) in [5.74, 6) is 0. The van der Waals surface area contributed by atoms with E-state index in [9.17, 15) is 10.1 Å². The average Bonchev–Trinajstić information content (AvgIpc) is 3.33. The van der Waals surface area contributed by atoms with Crippen LogP contribution in [-0.2, 0) is 10.3 Å². The lowest BCUT2D eigenvalue weighted by Gasteiger charge is -2.49. The van der Waals surface area contributed by atoms with Crippen LogP contribution in [0.25, 0.3) is 11.1 Å². The second-order valence-corrected chi connectivity index (χ2v) is 8.65. The molecule has 1 saturated heterocycles. The van der Waals surface area contributed by atoms with Crippen molar-refractivity contribution in [3.8, 4) is 17.2 Å². The summed E-state index contributed by atoms with van der Waals surface area (Å²) in [5.41, 5.74) is 5.71. The van der Waals surface area contributed by atoms with Crippen LogP contribution >= 0.6 is 0 Å². The molecule has 158 valence electrons. The number of carbonyl (C=O) groups excluding carboxylic acids is 1. The van der Waals surface area contributed by atoms with Gasteiger partial charge in [0.2, 0.25) is 0 Å². The SMILES string of the molecule is COC(=O)[N+]1(C2(c3ccccc3)c3ccccc3-c3ccccc32)CC(=CC#N)C[C@H]1C. The highest BCUT2D eigenvalue weighted by atomic mass is 16.5. The fourth-order valence-electron chi connectivity index (χ4n) is 6.13. The van der Waals surface area contributed by atoms with Crippen LogP contribution < -0.4 is 0 Å². The lowest BCUT2D eigenvalue weighted by molar-refractivity contribution is -0.911. The van der Waals surface area contributed by atoms with Gasteiger partial charge in [0.25, 0.3) is 0 Å². The molecule has 2 atom stereocenters. The normalized spacial score (nSPS) is 23.9. The molecule has 3 aromatic carbocycles. The lowest BCUT2D eigenvalue weighted by atomic mass is 9.76. The number of fused-ring (bicyclic) bond motifs is 3. The number of amides is 1. The minimum absolute atomic E-state index is 0.0645. The van der Waals surface area contributed by atoms with E-state index in [-0.39, 0.29) is 16.6 Å². The molecule has 4 heteroatoms. The maximum Gasteiger partial charge on any atom is 0.517 e. The molecule has 1 aliphatic heterocycles. The highest BCUT2D eigenvalue weighted by Crippen LogP contribution is 2.60. The van der Waals surface area contributed by atoms with E-state index in [1.165, 1.54) is 7.11 Å². The first-order valence-corrected chi connectivity index (χ1v) is 10.9. The molecule has 32 heavy (non-hydrogen) atoms. The Bertz CT molecular complexity index is 1230. The first-order chi connectivity index (χ1) is 15.6. The van der Waals surface area contributed by atoms with E-state index in [0.717, 1.165) is 33.4 Å². The second kappa shape index (κ2) is 7.47. The maximum atomic E-state index is 13.9. The highest BCUT2D eigenvalue weighted by molar-refractivity contribution is 5.83. The number of hydrogen-bond acceptors (Lipinski definition) is 3. The third-order valence-electron chi connectivity index (χ3n) is 7.25. The van der Waals surface area contributed by atoms with Crippen LogP contribution in [0.1, 0.15) is 30.0 Å². The number of nitriles is 1. The zero-order valence-corrected chi connectivity index (χ0v) is 18.3. The number of methoxy groups -OCH3 is 1. The van der Waals surface area contributed by atoms with Crippen LogP contribution in [0.15, 0.2) is 90.5 Å². The molecule has 1 unspecified atom stereocenters. The Morgan fingerprint density at radius 1 is 1.00 bits per heavy atom. The van der Waals surface area contributed by atoms with E-state index in [1.54, 1.807) is 6.08 Å². The number of rotatable bonds is 2. The van der Waals surface area contributed by atoms with Crippen molar-refractivity contribution in [3.05, 3.63) is 107 Å². The van der Waals surface area contributed by atoms with E-state index in [0.29, 0.717) is 13.0 Å². The largest absolute Gasteiger partial charge is 0.517 e. The summed E-state index contributed by atoms with van der Waals surface area (Å²) in [5, 5.41) is 9.39. The van der Waals surface area contributed by atoms with Gasteiger partial charge in [-0.25, -0.2) is 0 Å². The topological polar surface area (TPSA) is 50.1 Å². The second-order valence-electron chi connectivity index (χ2n) is 8.65. The van der Waals surface area contributed by atoms with Crippen molar-refractivity contribution in [2.45, 2.75) is 24.9 Å². The molecular formula is C28H25N2O2+. The number of benzene rings is 3. The van der Waals surface area contributed by atoms with E-state index in [1.807, 2.05) is 42.5 Å². The smallest absolute Gasteiger partial charge is 0.423 e. The summed E-state index contributed by atoms with van der Waals surface area (Å²) in [6.45, 7) is 2.53. The van der Waals surface area contributed by atoms with Crippen molar-refractivity contribution in [3.63, 3.8) is 0 Å². The molecule has 1 aliphatic carbocycles. The molecule has 1 amide bonds. The van der Waals surface area contributed by atoms with E-state index < -0.39 is 5.54 Å². The van der Waals surface area contributed by atoms with Crippen molar-refractivity contribution in [1.29, 1.82) is 5.26 Å². The Labute approximate surface area is 188 Å². The summed E-state index contributed by atoms with van der Waals surface area (Å²) >= 11 is 0. The van der Waals surface area contributed by atoms with Crippen LogP contribution in [0.2, 0.25) is 0 Å². The summed E-state index contributed by atoms with van der Waals surface area (Å²) in [7, 11) is 1.46. The zero-order valence-electron chi connectivity index (χ0n) is 18.3. The molecule has 0 bridgehead atoms. The van der Waals surface area contributed by atoms with Crippen molar-refractivity contribution >= 4 is 6.09 Å². The van der Waals surface area contributed by atoms with E-state index in [2.05, 4.69) is 49.4 Å². The van der Waals surface area contributed by atoms with Gasteiger partial charge in [-0.3, -0.25) is 0 Å². The van der Waals surface area contributed by atoms with Crippen LogP contribution in [0.3, 0.4) is 0 Å². The predicted molar refractivity (Wildman–Crippen MR) is 124 cm³/mol. The molecule has 0 radical (unpaired) electrons. The van der Waals surface area contributed by atoms with Gasteiger partial charge in [-0.1, -0.05) is 78.9 Å². The van der Waals surface area contributed by atoms with Gasteiger partial charge in [0.15, 0.2) is 5.54 Å². The Balaban J connectivity index is 1.98. The van der Waals surface area contributed by atoms with Gasteiger partial charge in [0, 0.05) is 34.8 Å². The molecular weight excluding hydrogens is 396 g/mol. The minimum atomic E-state index is -0.786. The Morgan fingerprint density at radius 3 is 2.12 bits per heavy atom. The highest BCUT2D eigenvalue weighted by Gasteiger charge is 2.68. The summed E-state index contributed by atoms with van der Waals surface area (Å²) in [4.78, 5) is 13.9. The fraction of sp³-hybridized carbons (Fsp3) is 0.214. The van der Waals surface area contributed by atoms with E-state index >= 15 is 0 Å². The van der Waals surface area contributed by atoms with Crippen molar-refractivity contribution in [2.24, 2.45) is 0 Å². The van der Waals surface area contributed by atoms with Crippen molar-refractivity contribution < 1.29 is 14.0 Å². The van der Waals surface area contributed by atoms with Gasteiger partial charge in [-0.05, 0) is 18.1 Å². The molecule has 2 aliphatic rings. The van der Waals surface area contributed by atoms with Crippen molar-refractivity contribution in [2.75, 3.05) is 13.7 Å². The minimum Gasteiger partial charge on any atom is -0.423 e. The number of ether oxygens (including phenoxy) is 1. The van der Waals surface area contributed by atoms with Crippen LogP contribution in [0.4, 0.5) is 4.79 Å². The van der Waals surface area contributed by atoms with Gasteiger partial charge in [-0.2, -0.15) is 14.5 Å². The van der Waals surface area contributed by atoms with Gasteiger partial charge in [0.05, 0.1) is 13.2 Å². The third kappa shape index (κ3) is 2.43. The Morgan fingerprint density at radius 2 is 1.56 bits per heavy atom. The number of hydrogen-bond donors (Lipinski definition) is 0. The third-order valence-corrected chi connectivity index (χ3v) is 7.25. The predicted octanol–water partition coefficient (Wildman–Crippen LogP) is 5.78. The van der Waals surface area contributed by atoms with Gasteiger partial charge in [-0.15, -0.1) is 0 Å². The summed E-state index contributed by atoms with van der Waals surface area (Å²) in [6.07, 6.45) is 1.99. The first-order valence-electron chi connectivity index (χ1n) is 10.9. The number of carbonyl (C=O) groups is 1. The van der Waals surface area contributed by atoms with Gasteiger partial charge < -0.3 is 4.74 Å². The van der Waals surface area contributed by atoms with Crippen LogP contribution in [-0.4, -0.2) is 30.3 Å². The van der Waals surface area contributed by atoms with Crippen LogP contribution in [0, 0.1) is 11.3 Å². The lowest BCUT2D eigenvalue weighted by Crippen LogP contribution is -2.67. The molecule has 1 heterocycles. The molecule has 3 aromatic rings. The van der Waals surface area contributed by atoms with Crippen LogP contribution in [0.5, 0.6) is 0 Å². The molecule has 0 aromatic heterocycles. The standard InChI is InChI=1S/C28H25N2O2/c1-20-18-21(16-17-29)19-30(20,27(31)32-2)28(22-10-4-3-5-11-22)25-14-8-6-12-23(25)24-13-7-9-15-26(24)28/h3-16,20H,18-19H2,1-2H3/q+1/t20-,30?/m1/s1. The number of nitrogens with zero attached hydrogens (tertiary/aromatic N) is 2. The van der Waals surface area contributed by atoms with Gasteiger partial charge >= 0.3 is 6.09 Å². The Kier molecular flexibility index (Phi) is 4.73. The molecule has 1 fully saturated rings.